The zero-order valence-corrected chi connectivity index (χ0v) is 20.8. The summed E-state index contributed by atoms with van der Waals surface area (Å²) in [5.41, 5.74) is 1.54. The Labute approximate surface area is 208 Å². The Balaban J connectivity index is 1.23. The SMILES string of the molecule is Cc1cccc(N2CC(c3nnc(NC(=O)CCn4cnc5c4c(=O)n(C)c(=O)n5C)s3)CC2=O)c1. The lowest BCUT2D eigenvalue weighted by molar-refractivity contribution is -0.117. The number of anilines is 2. The average Bonchev–Trinajstić information content (AvgIpc) is 3.58. The summed E-state index contributed by atoms with van der Waals surface area (Å²) in [4.78, 5) is 55.7. The van der Waals surface area contributed by atoms with E-state index >= 15 is 0 Å². The van der Waals surface area contributed by atoms with Gasteiger partial charge in [0.25, 0.3) is 5.56 Å². The molecule has 1 unspecified atom stereocenters. The highest BCUT2D eigenvalue weighted by Crippen LogP contribution is 2.34. The van der Waals surface area contributed by atoms with Crippen LogP contribution in [-0.4, -0.2) is 47.2 Å². The smallest absolute Gasteiger partial charge is 0.324 e. The van der Waals surface area contributed by atoms with E-state index in [1.165, 1.54) is 29.3 Å². The molecule has 4 heterocycles. The Morgan fingerprint density at radius 3 is 2.75 bits per heavy atom. The molecule has 1 aromatic carbocycles. The quantitative estimate of drug-likeness (QED) is 0.412. The largest absolute Gasteiger partial charge is 0.332 e. The minimum Gasteiger partial charge on any atom is -0.324 e. The molecular weight excluding hydrogens is 484 g/mol. The fraction of sp³-hybridized carbons (Fsp3) is 0.348. The highest BCUT2D eigenvalue weighted by Gasteiger charge is 2.34. The number of benzene rings is 1. The average molecular weight is 509 g/mol. The molecule has 0 spiro atoms. The minimum absolute atomic E-state index is 0.0302. The second kappa shape index (κ2) is 9.15. The van der Waals surface area contributed by atoms with Gasteiger partial charge >= 0.3 is 5.69 Å². The highest BCUT2D eigenvalue weighted by atomic mass is 32.1. The monoisotopic (exact) mass is 508 g/mol. The van der Waals surface area contributed by atoms with Crippen molar-refractivity contribution in [2.45, 2.75) is 32.2 Å². The Bertz CT molecular complexity index is 1610. The van der Waals surface area contributed by atoms with Crippen molar-refractivity contribution in [3.63, 3.8) is 0 Å². The summed E-state index contributed by atoms with van der Waals surface area (Å²) in [7, 11) is 2.94. The van der Waals surface area contributed by atoms with Gasteiger partial charge in [0.05, 0.1) is 6.33 Å². The van der Waals surface area contributed by atoms with Gasteiger partial charge in [0.2, 0.25) is 16.9 Å². The minimum atomic E-state index is -0.467. The number of aryl methyl sites for hydroxylation is 3. The number of amides is 2. The molecule has 0 aliphatic carbocycles. The maximum Gasteiger partial charge on any atom is 0.332 e. The standard InChI is InChI=1S/C23H24N8O4S/c1-13-5-4-6-15(9-13)31-11-14(10-17(31)33)20-26-27-22(36-20)25-16(32)7-8-30-12-24-19-18(30)21(34)29(3)23(35)28(19)2/h4-6,9,12,14H,7-8,10-11H2,1-3H3,(H,25,27,32). The van der Waals surface area contributed by atoms with Crippen LogP contribution in [0.2, 0.25) is 0 Å². The Kier molecular flexibility index (Phi) is 6.00. The number of aromatic nitrogens is 6. The molecular formula is C23H24N8O4S. The van der Waals surface area contributed by atoms with Gasteiger partial charge in [-0.3, -0.25) is 23.5 Å². The Morgan fingerprint density at radius 1 is 1.17 bits per heavy atom. The van der Waals surface area contributed by atoms with Gasteiger partial charge < -0.3 is 14.8 Å². The molecule has 1 aliphatic heterocycles. The van der Waals surface area contributed by atoms with Crippen molar-refractivity contribution in [1.82, 2.24) is 28.9 Å². The van der Waals surface area contributed by atoms with Crippen molar-refractivity contribution in [2.24, 2.45) is 14.1 Å². The van der Waals surface area contributed by atoms with Gasteiger partial charge in [-0.15, -0.1) is 10.2 Å². The molecule has 5 rings (SSSR count). The number of nitrogens with one attached hydrogen (secondary N) is 1. The fourth-order valence-corrected chi connectivity index (χ4v) is 5.19. The third-order valence-corrected chi connectivity index (χ3v) is 7.27. The van der Waals surface area contributed by atoms with E-state index in [0.29, 0.717) is 23.1 Å². The number of hydrogen-bond acceptors (Lipinski definition) is 8. The molecule has 1 saturated heterocycles. The molecule has 3 aromatic heterocycles. The maximum absolute atomic E-state index is 12.6. The van der Waals surface area contributed by atoms with E-state index in [4.69, 9.17) is 0 Å². The molecule has 1 aliphatic rings. The molecule has 1 N–H and O–H groups in total. The van der Waals surface area contributed by atoms with Crippen LogP contribution in [0.3, 0.4) is 0 Å². The predicted molar refractivity (Wildman–Crippen MR) is 134 cm³/mol. The predicted octanol–water partition coefficient (Wildman–Crippen LogP) is 1.14. The van der Waals surface area contributed by atoms with Crippen LogP contribution >= 0.6 is 11.3 Å². The highest BCUT2D eigenvalue weighted by molar-refractivity contribution is 7.15. The maximum atomic E-state index is 12.6. The summed E-state index contributed by atoms with van der Waals surface area (Å²) in [5, 5.41) is 12.1. The fourth-order valence-electron chi connectivity index (χ4n) is 4.34. The van der Waals surface area contributed by atoms with Gasteiger partial charge in [-0.1, -0.05) is 23.5 Å². The van der Waals surface area contributed by atoms with Crippen molar-refractivity contribution < 1.29 is 9.59 Å². The summed E-state index contributed by atoms with van der Waals surface area (Å²) in [5.74, 6) is -0.367. The molecule has 0 bridgehead atoms. The van der Waals surface area contributed by atoms with Crippen molar-refractivity contribution in [2.75, 3.05) is 16.8 Å². The van der Waals surface area contributed by atoms with Crippen molar-refractivity contribution in [3.05, 3.63) is 62.0 Å². The summed E-state index contributed by atoms with van der Waals surface area (Å²) < 4.78 is 3.87. The number of carbonyl (C=O) groups excluding carboxylic acids is 2. The summed E-state index contributed by atoms with van der Waals surface area (Å²) in [6, 6.07) is 7.80. The zero-order chi connectivity index (χ0) is 25.6. The summed E-state index contributed by atoms with van der Waals surface area (Å²) >= 11 is 1.25. The van der Waals surface area contributed by atoms with Crippen LogP contribution in [0, 0.1) is 6.92 Å². The second-order valence-corrected chi connectivity index (χ2v) is 9.81. The molecule has 12 nitrogen and oxygen atoms in total. The summed E-state index contributed by atoms with van der Waals surface area (Å²) in [6.45, 7) is 2.69. The number of hydrogen-bond donors (Lipinski definition) is 1. The van der Waals surface area contributed by atoms with Gasteiger partial charge in [-0.25, -0.2) is 9.78 Å². The summed E-state index contributed by atoms with van der Waals surface area (Å²) in [6.07, 6.45) is 1.84. The van der Waals surface area contributed by atoms with Crippen LogP contribution in [0.1, 0.15) is 29.3 Å². The third kappa shape index (κ3) is 4.21. The van der Waals surface area contributed by atoms with Gasteiger partial charge in [0, 0.05) is 51.6 Å². The van der Waals surface area contributed by atoms with Crippen molar-refractivity contribution in [3.8, 4) is 0 Å². The molecule has 4 aromatic rings. The molecule has 13 heteroatoms. The van der Waals surface area contributed by atoms with E-state index in [0.717, 1.165) is 15.8 Å². The molecule has 0 saturated carbocycles. The van der Waals surface area contributed by atoms with Gasteiger partial charge in [-0.05, 0) is 24.6 Å². The normalized spacial score (nSPS) is 15.7. The first-order valence-corrected chi connectivity index (χ1v) is 12.2. The van der Waals surface area contributed by atoms with E-state index in [1.54, 1.807) is 16.5 Å². The van der Waals surface area contributed by atoms with Crippen LogP contribution in [0.4, 0.5) is 10.8 Å². The van der Waals surface area contributed by atoms with Crippen LogP contribution in [-0.2, 0) is 30.2 Å². The van der Waals surface area contributed by atoms with E-state index in [1.807, 2.05) is 31.2 Å². The molecule has 2 amide bonds. The number of imidazole rings is 1. The topological polar surface area (TPSA) is 137 Å². The molecule has 1 atom stereocenters. The van der Waals surface area contributed by atoms with Crippen LogP contribution in [0.25, 0.3) is 11.2 Å². The van der Waals surface area contributed by atoms with E-state index in [-0.39, 0.29) is 41.9 Å². The van der Waals surface area contributed by atoms with Gasteiger partial charge in [-0.2, -0.15) is 0 Å². The molecule has 36 heavy (non-hydrogen) atoms. The van der Waals surface area contributed by atoms with E-state index in [2.05, 4.69) is 20.5 Å². The first kappa shape index (κ1) is 23.6. The van der Waals surface area contributed by atoms with Gasteiger partial charge in [0.1, 0.15) is 5.01 Å². The van der Waals surface area contributed by atoms with Gasteiger partial charge in [0.15, 0.2) is 11.2 Å². The van der Waals surface area contributed by atoms with Crippen LogP contribution < -0.4 is 21.5 Å². The van der Waals surface area contributed by atoms with E-state index in [9.17, 15) is 19.2 Å². The second-order valence-electron chi connectivity index (χ2n) is 8.80. The third-order valence-electron chi connectivity index (χ3n) is 6.27. The first-order valence-electron chi connectivity index (χ1n) is 11.3. The lowest BCUT2D eigenvalue weighted by Gasteiger charge is -2.16. The Hall–Kier alpha value is -4.13. The molecule has 0 radical (unpaired) electrons. The number of rotatable bonds is 6. The van der Waals surface area contributed by atoms with Crippen molar-refractivity contribution >= 4 is 45.1 Å². The zero-order valence-electron chi connectivity index (χ0n) is 20.0. The Morgan fingerprint density at radius 2 is 1.97 bits per heavy atom. The number of nitrogens with zero attached hydrogens (tertiary/aromatic N) is 7. The number of carbonyl (C=O) groups is 2. The lowest BCUT2D eigenvalue weighted by atomic mass is 10.1. The lowest BCUT2D eigenvalue weighted by Crippen LogP contribution is -2.37. The molecule has 1 fully saturated rings. The van der Waals surface area contributed by atoms with Crippen molar-refractivity contribution in [1.29, 1.82) is 0 Å². The number of fused-ring (bicyclic) bond motifs is 1. The molecule has 186 valence electrons. The van der Waals surface area contributed by atoms with Crippen LogP contribution in [0.15, 0.2) is 40.2 Å². The first-order chi connectivity index (χ1) is 17.2. The van der Waals surface area contributed by atoms with Crippen LogP contribution in [0.5, 0.6) is 0 Å². The van der Waals surface area contributed by atoms with E-state index < -0.39 is 11.2 Å².